The third kappa shape index (κ3) is 2.26. The third-order valence-corrected chi connectivity index (χ3v) is 5.08. The number of anilines is 1. The summed E-state index contributed by atoms with van der Waals surface area (Å²) in [7, 11) is 0. The molecule has 1 amide bonds. The fourth-order valence-corrected chi connectivity index (χ4v) is 3.98. The Morgan fingerprint density at radius 1 is 1.32 bits per heavy atom. The van der Waals surface area contributed by atoms with Gasteiger partial charge < -0.3 is 11.1 Å². The molecule has 1 atom stereocenters. The number of fused-ring (bicyclic) bond motifs is 1. The smallest absolute Gasteiger partial charge is 0.270 e. The minimum absolute atomic E-state index is 0.338. The number of hydrogen-bond donors (Lipinski definition) is 2. The van der Waals surface area contributed by atoms with Crippen LogP contribution in [0, 0.1) is 5.92 Å². The highest BCUT2D eigenvalue weighted by Crippen LogP contribution is 2.40. The zero-order valence-corrected chi connectivity index (χ0v) is 12.4. The number of nitrogens with two attached hydrogens (primary N) is 1. The summed E-state index contributed by atoms with van der Waals surface area (Å²) >= 11 is 3.44. The van der Waals surface area contributed by atoms with Gasteiger partial charge in [0.2, 0.25) is 0 Å². The molecule has 1 aliphatic carbocycles. The van der Waals surface area contributed by atoms with E-state index >= 15 is 0 Å². The molecule has 1 saturated carbocycles. The van der Waals surface area contributed by atoms with Crippen molar-refractivity contribution in [2.24, 2.45) is 11.7 Å². The second kappa shape index (κ2) is 5.15. The molecule has 19 heavy (non-hydrogen) atoms. The highest BCUT2D eigenvalue weighted by Gasteiger charge is 2.32. The number of carbonyl (C=O) groups excluding carboxylic acids is 1. The van der Waals surface area contributed by atoms with Crippen molar-refractivity contribution in [2.75, 3.05) is 11.9 Å². The van der Waals surface area contributed by atoms with Crippen molar-refractivity contribution in [3.05, 3.63) is 10.2 Å². The van der Waals surface area contributed by atoms with Gasteiger partial charge in [-0.05, 0) is 41.1 Å². The zero-order valence-electron chi connectivity index (χ0n) is 10.9. The zero-order chi connectivity index (χ0) is 13.4. The van der Waals surface area contributed by atoms with Gasteiger partial charge in [0, 0.05) is 6.54 Å². The molecule has 0 radical (unpaired) electrons. The number of halogens is 1. The van der Waals surface area contributed by atoms with Crippen LogP contribution in [0.25, 0.3) is 0 Å². The molecule has 3 N–H and O–H groups in total. The maximum Gasteiger partial charge on any atom is 0.270 e. The predicted molar refractivity (Wildman–Crippen MR) is 77.2 cm³/mol. The largest absolute Gasteiger partial charge is 0.369 e. The summed E-state index contributed by atoms with van der Waals surface area (Å²) in [5, 5.41) is 7.76. The standard InChI is InChI=1S/C13H19BrN4O/c14-10-11(12(15)19)17-18-9(6-7-16-13(10)18)8-4-2-1-3-5-8/h8-9,16H,1-7H2,(H2,15,19). The molecule has 1 aromatic rings. The summed E-state index contributed by atoms with van der Waals surface area (Å²) in [6, 6.07) is 0.404. The number of carbonyl (C=O) groups is 1. The average molecular weight is 327 g/mol. The lowest BCUT2D eigenvalue weighted by Gasteiger charge is -2.34. The molecule has 0 aromatic carbocycles. The van der Waals surface area contributed by atoms with Crippen LogP contribution >= 0.6 is 15.9 Å². The number of nitrogens with zero attached hydrogens (tertiary/aromatic N) is 2. The second-order valence-corrected chi connectivity index (χ2v) is 6.29. The summed E-state index contributed by atoms with van der Waals surface area (Å²) in [5.74, 6) is 1.12. The van der Waals surface area contributed by atoms with Crippen molar-refractivity contribution in [1.82, 2.24) is 9.78 Å². The third-order valence-electron chi connectivity index (χ3n) is 4.33. The van der Waals surface area contributed by atoms with E-state index in [1.165, 1.54) is 32.1 Å². The molecule has 0 spiro atoms. The van der Waals surface area contributed by atoms with Crippen LogP contribution in [-0.2, 0) is 0 Å². The topological polar surface area (TPSA) is 72.9 Å². The van der Waals surface area contributed by atoms with Crippen LogP contribution < -0.4 is 11.1 Å². The Kier molecular flexibility index (Phi) is 3.52. The molecule has 1 fully saturated rings. The normalized spacial score (nSPS) is 23.7. The fourth-order valence-electron chi connectivity index (χ4n) is 3.39. The molecule has 1 unspecified atom stereocenters. The van der Waals surface area contributed by atoms with Gasteiger partial charge in [-0.2, -0.15) is 5.10 Å². The molecule has 104 valence electrons. The van der Waals surface area contributed by atoms with Gasteiger partial charge in [-0.15, -0.1) is 0 Å². The SMILES string of the molecule is NC(=O)c1nn2c(c1Br)NCCC2C1CCCCC1. The van der Waals surface area contributed by atoms with E-state index in [4.69, 9.17) is 5.73 Å². The lowest BCUT2D eigenvalue weighted by Crippen LogP contribution is -2.30. The van der Waals surface area contributed by atoms with E-state index < -0.39 is 5.91 Å². The van der Waals surface area contributed by atoms with E-state index in [1.807, 2.05) is 4.68 Å². The van der Waals surface area contributed by atoms with Gasteiger partial charge in [0.05, 0.1) is 10.5 Å². The lowest BCUT2D eigenvalue weighted by molar-refractivity contribution is 0.0993. The van der Waals surface area contributed by atoms with Gasteiger partial charge in [0.25, 0.3) is 5.91 Å². The van der Waals surface area contributed by atoms with E-state index in [9.17, 15) is 4.79 Å². The molecule has 3 rings (SSSR count). The molecule has 1 aromatic heterocycles. The Bertz CT molecular complexity index is 493. The average Bonchev–Trinajstić information content (AvgIpc) is 2.78. The molecular weight excluding hydrogens is 308 g/mol. The fraction of sp³-hybridized carbons (Fsp3) is 0.692. The van der Waals surface area contributed by atoms with Crippen LogP contribution in [0.3, 0.4) is 0 Å². The van der Waals surface area contributed by atoms with Crippen LogP contribution in [-0.4, -0.2) is 22.2 Å². The van der Waals surface area contributed by atoms with Gasteiger partial charge in [-0.1, -0.05) is 19.3 Å². The van der Waals surface area contributed by atoms with Crippen LogP contribution in [0.15, 0.2) is 4.47 Å². The maximum atomic E-state index is 11.4. The first-order valence-electron chi connectivity index (χ1n) is 7.00. The second-order valence-electron chi connectivity index (χ2n) is 5.50. The van der Waals surface area contributed by atoms with Gasteiger partial charge >= 0.3 is 0 Å². The number of hydrogen-bond acceptors (Lipinski definition) is 3. The minimum atomic E-state index is -0.474. The first kappa shape index (κ1) is 13.0. The van der Waals surface area contributed by atoms with Gasteiger partial charge in [-0.3, -0.25) is 4.79 Å². The van der Waals surface area contributed by atoms with Crippen LogP contribution in [0.1, 0.15) is 55.1 Å². The number of rotatable bonds is 2. The van der Waals surface area contributed by atoms with Crippen molar-refractivity contribution in [3.8, 4) is 0 Å². The number of primary amides is 1. The molecule has 0 bridgehead atoms. The molecule has 1 aliphatic heterocycles. The van der Waals surface area contributed by atoms with Gasteiger partial charge in [0.15, 0.2) is 5.69 Å². The Labute approximate surface area is 121 Å². The van der Waals surface area contributed by atoms with Crippen LogP contribution in [0.2, 0.25) is 0 Å². The van der Waals surface area contributed by atoms with Crippen molar-refractivity contribution < 1.29 is 4.79 Å². The summed E-state index contributed by atoms with van der Waals surface area (Å²) in [5.41, 5.74) is 5.72. The Balaban J connectivity index is 1.95. The van der Waals surface area contributed by atoms with Gasteiger partial charge in [0.1, 0.15) is 5.82 Å². The number of aromatic nitrogens is 2. The monoisotopic (exact) mass is 326 g/mol. The van der Waals surface area contributed by atoms with Crippen LogP contribution in [0.4, 0.5) is 5.82 Å². The molecule has 5 nitrogen and oxygen atoms in total. The maximum absolute atomic E-state index is 11.4. The molecule has 2 aliphatic rings. The minimum Gasteiger partial charge on any atom is -0.369 e. The molecule has 2 heterocycles. The van der Waals surface area contributed by atoms with E-state index in [-0.39, 0.29) is 0 Å². The number of nitrogens with one attached hydrogen (secondary N) is 1. The Morgan fingerprint density at radius 3 is 2.74 bits per heavy atom. The van der Waals surface area contributed by atoms with E-state index in [1.54, 1.807) is 0 Å². The van der Waals surface area contributed by atoms with Crippen molar-refractivity contribution >= 4 is 27.7 Å². The summed E-state index contributed by atoms with van der Waals surface area (Å²) in [6.07, 6.45) is 7.60. The first-order chi connectivity index (χ1) is 9.18. The highest BCUT2D eigenvalue weighted by atomic mass is 79.9. The summed E-state index contributed by atoms with van der Waals surface area (Å²) < 4.78 is 2.70. The van der Waals surface area contributed by atoms with E-state index in [0.717, 1.165) is 18.8 Å². The van der Waals surface area contributed by atoms with Crippen molar-refractivity contribution in [2.45, 2.75) is 44.6 Å². The lowest BCUT2D eigenvalue weighted by atomic mass is 9.82. The Hall–Kier alpha value is -1.04. The summed E-state index contributed by atoms with van der Waals surface area (Å²) in [4.78, 5) is 11.4. The molecule has 0 saturated heterocycles. The predicted octanol–water partition coefficient (Wildman–Crippen LogP) is 2.68. The Morgan fingerprint density at radius 2 is 2.05 bits per heavy atom. The van der Waals surface area contributed by atoms with Crippen molar-refractivity contribution in [3.63, 3.8) is 0 Å². The molecular formula is C13H19BrN4O. The number of amides is 1. The van der Waals surface area contributed by atoms with E-state index in [2.05, 4.69) is 26.3 Å². The molecule has 6 heteroatoms. The van der Waals surface area contributed by atoms with E-state index in [0.29, 0.717) is 22.1 Å². The van der Waals surface area contributed by atoms with Crippen molar-refractivity contribution in [1.29, 1.82) is 0 Å². The first-order valence-corrected chi connectivity index (χ1v) is 7.79. The van der Waals surface area contributed by atoms with Crippen LogP contribution in [0.5, 0.6) is 0 Å². The highest BCUT2D eigenvalue weighted by molar-refractivity contribution is 9.10. The van der Waals surface area contributed by atoms with Gasteiger partial charge in [-0.25, -0.2) is 4.68 Å². The quantitative estimate of drug-likeness (QED) is 0.877. The summed E-state index contributed by atoms with van der Waals surface area (Å²) in [6.45, 7) is 0.934.